The van der Waals surface area contributed by atoms with Crippen LogP contribution in [0.15, 0.2) is 48.5 Å². The van der Waals surface area contributed by atoms with Crippen molar-refractivity contribution in [1.82, 2.24) is 10.2 Å². The Morgan fingerprint density at radius 1 is 1.04 bits per heavy atom. The number of carbonyl (C=O) groups excluding carboxylic acids is 1. The number of amides is 2. The van der Waals surface area contributed by atoms with Crippen molar-refractivity contribution in [3.05, 3.63) is 59.7 Å². The Hall–Kier alpha value is -2.53. The number of benzene rings is 2. The van der Waals surface area contributed by atoms with Gasteiger partial charge in [-0.25, -0.2) is 4.79 Å². The molecule has 0 aromatic heterocycles. The van der Waals surface area contributed by atoms with E-state index in [1.807, 2.05) is 59.4 Å². The zero-order valence-corrected chi connectivity index (χ0v) is 15.7. The molecule has 2 rings (SSSR count). The summed E-state index contributed by atoms with van der Waals surface area (Å²) >= 11 is 0. The fourth-order valence-electron chi connectivity index (χ4n) is 2.68. The maximum absolute atomic E-state index is 12.2. The van der Waals surface area contributed by atoms with Crippen LogP contribution in [-0.2, 0) is 0 Å². The second kappa shape index (κ2) is 8.53. The lowest BCUT2D eigenvalue weighted by Crippen LogP contribution is -2.36. The highest BCUT2D eigenvalue weighted by atomic mass is 16.2. The smallest absolute Gasteiger partial charge is 0.319 e. The van der Waals surface area contributed by atoms with Crippen molar-refractivity contribution >= 4 is 17.4 Å². The maximum Gasteiger partial charge on any atom is 0.319 e. The highest BCUT2D eigenvalue weighted by Gasteiger charge is 2.15. The van der Waals surface area contributed by atoms with Crippen molar-refractivity contribution < 1.29 is 4.79 Å². The summed E-state index contributed by atoms with van der Waals surface area (Å²) in [6.07, 6.45) is 0. The first-order valence-corrected chi connectivity index (χ1v) is 8.42. The Labute approximate surface area is 150 Å². The van der Waals surface area contributed by atoms with Crippen LogP contribution in [0.3, 0.4) is 0 Å². The van der Waals surface area contributed by atoms with Crippen LogP contribution in [0.2, 0.25) is 0 Å². The second-order valence-electron chi connectivity index (χ2n) is 6.67. The minimum Gasteiger partial charge on any atom is -0.378 e. The molecule has 0 aliphatic rings. The summed E-state index contributed by atoms with van der Waals surface area (Å²) in [5.74, 6) is 0. The summed E-state index contributed by atoms with van der Waals surface area (Å²) in [7, 11) is 8.08. The summed E-state index contributed by atoms with van der Waals surface area (Å²) in [6, 6.07) is 16.1. The zero-order valence-electron chi connectivity index (χ0n) is 15.7. The van der Waals surface area contributed by atoms with E-state index in [2.05, 4.69) is 44.7 Å². The van der Waals surface area contributed by atoms with Gasteiger partial charge in [0.2, 0.25) is 0 Å². The Kier molecular flexibility index (Phi) is 6.42. The number of urea groups is 1. The summed E-state index contributed by atoms with van der Waals surface area (Å²) < 4.78 is 0. The van der Waals surface area contributed by atoms with Crippen LogP contribution in [0, 0.1) is 6.92 Å². The van der Waals surface area contributed by atoms with Gasteiger partial charge in [0.05, 0.1) is 6.04 Å². The predicted octanol–water partition coefficient (Wildman–Crippen LogP) is 3.49. The largest absolute Gasteiger partial charge is 0.378 e. The number of nitrogens with zero attached hydrogens (tertiary/aromatic N) is 2. The SMILES string of the molecule is Cc1cccc(NC(=O)NCC(c2ccc(N(C)C)cc2)N(C)C)c1. The summed E-state index contributed by atoms with van der Waals surface area (Å²) in [5.41, 5.74) is 4.25. The summed E-state index contributed by atoms with van der Waals surface area (Å²) in [4.78, 5) is 16.4. The first-order valence-electron chi connectivity index (χ1n) is 8.42. The molecule has 0 heterocycles. The molecular formula is C20H28N4O. The fraction of sp³-hybridized carbons (Fsp3) is 0.350. The monoisotopic (exact) mass is 340 g/mol. The predicted molar refractivity (Wildman–Crippen MR) is 105 cm³/mol. The molecule has 5 heteroatoms. The number of hydrogen-bond donors (Lipinski definition) is 2. The maximum atomic E-state index is 12.2. The molecule has 2 amide bonds. The van der Waals surface area contributed by atoms with E-state index in [4.69, 9.17) is 0 Å². The zero-order chi connectivity index (χ0) is 18.4. The first kappa shape index (κ1) is 18.8. The van der Waals surface area contributed by atoms with Crippen molar-refractivity contribution in [2.45, 2.75) is 13.0 Å². The lowest BCUT2D eigenvalue weighted by Gasteiger charge is -2.26. The summed E-state index contributed by atoms with van der Waals surface area (Å²) in [5, 5.41) is 5.84. The van der Waals surface area contributed by atoms with Gasteiger partial charge in [0.15, 0.2) is 0 Å². The number of rotatable bonds is 6. The van der Waals surface area contributed by atoms with Crippen molar-refractivity contribution in [2.75, 3.05) is 45.0 Å². The molecule has 0 aliphatic carbocycles. The van der Waals surface area contributed by atoms with Gasteiger partial charge in [-0.3, -0.25) is 0 Å². The first-order chi connectivity index (χ1) is 11.9. The van der Waals surface area contributed by atoms with E-state index < -0.39 is 0 Å². The van der Waals surface area contributed by atoms with Crippen molar-refractivity contribution in [2.24, 2.45) is 0 Å². The van der Waals surface area contributed by atoms with E-state index in [1.165, 1.54) is 5.56 Å². The van der Waals surface area contributed by atoms with Gasteiger partial charge in [-0.2, -0.15) is 0 Å². The molecular weight excluding hydrogens is 312 g/mol. The number of aryl methyl sites for hydroxylation is 1. The Bertz CT molecular complexity index is 695. The molecule has 5 nitrogen and oxygen atoms in total. The van der Waals surface area contributed by atoms with Crippen LogP contribution in [0.4, 0.5) is 16.2 Å². The Morgan fingerprint density at radius 3 is 2.28 bits per heavy atom. The molecule has 2 aromatic carbocycles. The third-order valence-electron chi connectivity index (χ3n) is 4.15. The average Bonchev–Trinajstić information content (AvgIpc) is 2.55. The number of nitrogens with one attached hydrogen (secondary N) is 2. The van der Waals surface area contributed by atoms with Crippen LogP contribution in [0.5, 0.6) is 0 Å². The van der Waals surface area contributed by atoms with Gasteiger partial charge in [-0.1, -0.05) is 24.3 Å². The number of hydrogen-bond acceptors (Lipinski definition) is 3. The Balaban J connectivity index is 1.98. The van der Waals surface area contributed by atoms with Gasteiger partial charge in [0.1, 0.15) is 0 Å². The van der Waals surface area contributed by atoms with Crippen LogP contribution < -0.4 is 15.5 Å². The van der Waals surface area contributed by atoms with Crippen molar-refractivity contribution in [1.29, 1.82) is 0 Å². The molecule has 0 bridgehead atoms. The molecule has 0 aliphatic heterocycles. The number of carbonyl (C=O) groups is 1. The van der Waals surface area contributed by atoms with Gasteiger partial charge in [-0.15, -0.1) is 0 Å². The molecule has 2 aromatic rings. The Morgan fingerprint density at radius 2 is 1.72 bits per heavy atom. The third kappa shape index (κ3) is 5.50. The second-order valence-corrected chi connectivity index (χ2v) is 6.67. The molecule has 0 saturated carbocycles. The van der Waals surface area contributed by atoms with Gasteiger partial charge in [-0.05, 0) is 56.4 Å². The van der Waals surface area contributed by atoms with Crippen molar-refractivity contribution in [3.8, 4) is 0 Å². The molecule has 25 heavy (non-hydrogen) atoms. The van der Waals surface area contributed by atoms with Crippen LogP contribution in [0.25, 0.3) is 0 Å². The van der Waals surface area contributed by atoms with Gasteiger partial charge < -0.3 is 20.4 Å². The van der Waals surface area contributed by atoms with Gasteiger partial charge in [0, 0.05) is 32.0 Å². The highest BCUT2D eigenvalue weighted by Crippen LogP contribution is 2.21. The van der Waals surface area contributed by atoms with E-state index >= 15 is 0 Å². The molecule has 1 atom stereocenters. The van der Waals surface area contributed by atoms with Crippen LogP contribution in [0.1, 0.15) is 17.2 Å². The molecule has 2 N–H and O–H groups in total. The van der Waals surface area contributed by atoms with E-state index in [-0.39, 0.29) is 12.1 Å². The minimum absolute atomic E-state index is 0.111. The molecule has 0 radical (unpaired) electrons. The molecule has 1 unspecified atom stereocenters. The number of likely N-dealkylation sites (N-methyl/N-ethyl adjacent to an activating group) is 1. The summed E-state index contributed by atoms with van der Waals surface area (Å²) in [6.45, 7) is 2.54. The van der Waals surface area contributed by atoms with Crippen molar-refractivity contribution in [3.63, 3.8) is 0 Å². The van der Waals surface area contributed by atoms with E-state index in [9.17, 15) is 4.79 Å². The third-order valence-corrected chi connectivity index (χ3v) is 4.15. The normalized spacial score (nSPS) is 11.9. The molecule has 134 valence electrons. The van der Waals surface area contributed by atoms with Gasteiger partial charge in [0.25, 0.3) is 0 Å². The lowest BCUT2D eigenvalue weighted by atomic mass is 10.1. The topological polar surface area (TPSA) is 47.6 Å². The molecule has 0 spiro atoms. The van der Waals surface area contributed by atoms with E-state index in [0.29, 0.717) is 6.54 Å². The van der Waals surface area contributed by atoms with E-state index in [0.717, 1.165) is 16.9 Å². The fourth-order valence-corrected chi connectivity index (χ4v) is 2.68. The van der Waals surface area contributed by atoms with Crippen LogP contribution in [-0.4, -0.2) is 45.7 Å². The molecule has 0 fully saturated rings. The molecule has 0 saturated heterocycles. The van der Waals surface area contributed by atoms with E-state index in [1.54, 1.807) is 0 Å². The average molecular weight is 340 g/mol. The minimum atomic E-state index is -0.192. The highest BCUT2D eigenvalue weighted by molar-refractivity contribution is 5.89. The quantitative estimate of drug-likeness (QED) is 0.846. The van der Waals surface area contributed by atoms with Gasteiger partial charge >= 0.3 is 6.03 Å². The van der Waals surface area contributed by atoms with Crippen LogP contribution >= 0.6 is 0 Å². The standard InChI is InChI=1S/C20H28N4O/c1-15-7-6-8-17(13-15)22-20(25)21-14-19(24(4)5)16-9-11-18(12-10-16)23(2)3/h6-13,19H,14H2,1-5H3,(H2,21,22,25). The lowest BCUT2D eigenvalue weighted by molar-refractivity contribution is 0.243. The number of anilines is 2.